The first-order valence-corrected chi connectivity index (χ1v) is 10.9. The molecule has 33 heavy (non-hydrogen) atoms. The Bertz CT molecular complexity index is 1200. The molecule has 3 aromatic rings. The van der Waals surface area contributed by atoms with Gasteiger partial charge in [-0.2, -0.15) is 9.61 Å². The summed E-state index contributed by atoms with van der Waals surface area (Å²) in [4.78, 5) is 31.1. The molecule has 174 valence electrons. The van der Waals surface area contributed by atoms with E-state index in [1.807, 2.05) is 26.8 Å². The smallest absolute Gasteiger partial charge is 0.416 e. The number of aromatic nitrogens is 3. The van der Waals surface area contributed by atoms with Crippen LogP contribution in [0, 0.1) is 0 Å². The molecule has 0 radical (unpaired) electrons. The van der Waals surface area contributed by atoms with Gasteiger partial charge < -0.3 is 10.1 Å². The van der Waals surface area contributed by atoms with E-state index < -0.39 is 17.6 Å². The number of nitrogens with zero attached hydrogens (tertiary/aromatic N) is 4. The van der Waals surface area contributed by atoms with Crippen LogP contribution in [0.4, 0.5) is 16.3 Å². The molecule has 0 bridgehead atoms. The van der Waals surface area contributed by atoms with E-state index in [0.717, 1.165) is 11.1 Å². The van der Waals surface area contributed by atoms with Gasteiger partial charge in [-0.1, -0.05) is 44.2 Å². The topological polar surface area (TPSA) is 88.8 Å². The van der Waals surface area contributed by atoms with Crippen LogP contribution in [0.1, 0.15) is 51.7 Å². The predicted molar refractivity (Wildman–Crippen MR) is 130 cm³/mol. The maximum atomic E-state index is 13.2. The van der Waals surface area contributed by atoms with Gasteiger partial charge in [0.1, 0.15) is 11.4 Å². The molecular formula is C24H28ClN5O3. The zero-order valence-corrected chi connectivity index (χ0v) is 20.2. The molecule has 2 heterocycles. The van der Waals surface area contributed by atoms with Gasteiger partial charge in [-0.3, -0.25) is 9.69 Å². The molecule has 3 rings (SSSR count). The molecule has 0 fully saturated rings. The molecule has 1 N–H and O–H groups in total. The SMILES string of the molecule is C=C(Cl)C(=O)Nc1cccc(CN(C(=O)OC(C)(C)C)c2ccnc3c(C(C)C)cnn23)c1. The normalized spacial score (nSPS) is 11.5. The van der Waals surface area contributed by atoms with E-state index in [0.29, 0.717) is 17.2 Å². The first kappa shape index (κ1) is 24.3. The largest absolute Gasteiger partial charge is 0.443 e. The standard InChI is InChI=1S/C24H28ClN5O3/c1-15(2)19-13-27-30-20(10-11-26-21(19)30)29(23(32)33-24(4,5)6)14-17-8-7-9-18(12-17)28-22(31)16(3)25/h7-13,15H,3,14H2,1-2,4-6H3,(H,28,31). The number of carbonyl (C=O) groups is 2. The zero-order chi connectivity index (χ0) is 24.3. The predicted octanol–water partition coefficient (Wildman–Crippen LogP) is 5.49. The van der Waals surface area contributed by atoms with Crippen LogP contribution in [0.3, 0.4) is 0 Å². The minimum Gasteiger partial charge on any atom is -0.443 e. The van der Waals surface area contributed by atoms with Crippen LogP contribution >= 0.6 is 11.6 Å². The number of ether oxygens (including phenoxy) is 1. The lowest BCUT2D eigenvalue weighted by Crippen LogP contribution is -2.37. The molecule has 2 amide bonds. The Morgan fingerprint density at radius 2 is 2.00 bits per heavy atom. The fraction of sp³-hybridized carbons (Fsp3) is 0.333. The van der Waals surface area contributed by atoms with Crippen LogP contribution in [-0.4, -0.2) is 32.2 Å². The number of anilines is 2. The molecule has 0 aliphatic carbocycles. The number of rotatable bonds is 6. The minimum absolute atomic E-state index is 0.116. The number of amides is 2. The van der Waals surface area contributed by atoms with Crippen molar-refractivity contribution < 1.29 is 14.3 Å². The van der Waals surface area contributed by atoms with Gasteiger partial charge in [0, 0.05) is 17.4 Å². The number of nitrogens with one attached hydrogen (secondary N) is 1. The van der Waals surface area contributed by atoms with Gasteiger partial charge in [0.25, 0.3) is 5.91 Å². The van der Waals surface area contributed by atoms with Crippen molar-refractivity contribution in [2.75, 3.05) is 10.2 Å². The van der Waals surface area contributed by atoms with Crippen molar-refractivity contribution in [2.45, 2.75) is 52.7 Å². The van der Waals surface area contributed by atoms with Crippen molar-refractivity contribution in [3.05, 3.63) is 65.5 Å². The van der Waals surface area contributed by atoms with E-state index in [4.69, 9.17) is 16.3 Å². The highest BCUT2D eigenvalue weighted by Crippen LogP contribution is 2.26. The van der Waals surface area contributed by atoms with E-state index in [-0.39, 0.29) is 17.5 Å². The Kier molecular flexibility index (Phi) is 7.07. The summed E-state index contributed by atoms with van der Waals surface area (Å²) < 4.78 is 7.32. The van der Waals surface area contributed by atoms with Crippen molar-refractivity contribution in [3.8, 4) is 0 Å². The maximum absolute atomic E-state index is 13.2. The summed E-state index contributed by atoms with van der Waals surface area (Å²) in [6, 6.07) is 8.84. The molecule has 0 atom stereocenters. The second kappa shape index (κ2) is 9.62. The number of fused-ring (bicyclic) bond motifs is 1. The van der Waals surface area contributed by atoms with E-state index in [2.05, 4.69) is 35.8 Å². The third-order valence-electron chi connectivity index (χ3n) is 4.69. The van der Waals surface area contributed by atoms with Crippen LogP contribution in [0.5, 0.6) is 0 Å². The van der Waals surface area contributed by atoms with Crippen molar-refractivity contribution in [1.82, 2.24) is 14.6 Å². The molecular weight excluding hydrogens is 442 g/mol. The summed E-state index contributed by atoms with van der Waals surface area (Å²) in [6.07, 6.45) is 2.89. The van der Waals surface area contributed by atoms with Crippen molar-refractivity contribution in [2.24, 2.45) is 0 Å². The lowest BCUT2D eigenvalue weighted by atomic mass is 10.1. The second-order valence-corrected chi connectivity index (χ2v) is 9.38. The van der Waals surface area contributed by atoms with E-state index >= 15 is 0 Å². The van der Waals surface area contributed by atoms with E-state index in [9.17, 15) is 9.59 Å². The first-order chi connectivity index (χ1) is 15.5. The van der Waals surface area contributed by atoms with Crippen molar-refractivity contribution in [3.63, 3.8) is 0 Å². The van der Waals surface area contributed by atoms with E-state index in [1.165, 1.54) is 4.90 Å². The number of hydrogen-bond acceptors (Lipinski definition) is 5. The van der Waals surface area contributed by atoms with Gasteiger partial charge in [-0.25, -0.2) is 9.78 Å². The Balaban J connectivity index is 2.02. The molecule has 0 aliphatic rings. The number of halogens is 1. The molecule has 9 heteroatoms. The fourth-order valence-corrected chi connectivity index (χ4v) is 3.24. The molecule has 0 saturated carbocycles. The molecule has 1 aromatic carbocycles. The Hall–Kier alpha value is -3.39. The van der Waals surface area contributed by atoms with E-state index in [1.54, 1.807) is 41.2 Å². The zero-order valence-electron chi connectivity index (χ0n) is 19.4. The highest BCUT2D eigenvalue weighted by atomic mass is 35.5. The van der Waals surface area contributed by atoms with Crippen LogP contribution in [0.15, 0.2) is 54.3 Å². The van der Waals surface area contributed by atoms with Crippen LogP contribution in [0.25, 0.3) is 5.65 Å². The fourth-order valence-electron chi connectivity index (χ4n) is 3.19. The lowest BCUT2D eigenvalue weighted by molar-refractivity contribution is -0.112. The highest BCUT2D eigenvalue weighted by molar-refractivity contribution is 6.43. The summed E-state index contributed by atoms with van der Waals surface area (Å²) in [7, 11) is 0. The summed E-state index contributed by atoms with van der Waals surface area (Å²) in [6.45, 7) is 13.2. The second-order valence-electron chi connectivity index (χ2n) is 8.92. The van der Waals surface area contributed by atoms with Gasteiger partial charge in [-0.05, 0) is 50.5 Å². The van der Waals surface area contributed by atoms with Crippen LogP contribution in [-0.2, 0) is 16.1 Å². The lowest BCUT2D eigenvalue weighted by Gasteiger charge is -2.27. The average molecular weight is 470 g/mol. The third-order valence-corrected chi connectivity index (χ3v) is 4.86. The Morgan fingerprint density at radius 1 is 1.27 bits per heavy atom. The van der Waals surface area contributed by atoms with Gasteiger partial charge in [0.15, 0.2) is 5.65 Å². The first-order valence-electron chi connectivity index (χ1n) is 10.5. The molecule has 0 spiro atoms. The van der Waals surface area contributed by atoms with Crippen molar-refractivity contribution >= 4 is 40.8 Å². The minimum atomic E-state index is -0.689. The Morgan fingerprint density at radius 3 is 2.64 bits per heavy atom. The summed E-state index contributed by atoms with van der Waals surface area (Å²) in [5, 5.41) is 7.04. The third kappa shape index (κ3) is 5.90. The highest BCUT2D eigenvalue weighted by Gasteiger charge is 2.26. The Labute approximate surface area is 198 Å². The molecule has 8 nitrogen and oxygen atoms in total. The summed E-state index contributed by atoms with van der Waals surface area (Å²) in [5.41, 5.74) is 2.26. The van der Waals surface area contributed by atoms with Gasteiger partial charge in [-0.15, -0.1) is 0 Å². The summed E-state index contributed by atoms with van der Waals surface area (Å²) >= 11 is 5.67. The maximum Gasteiger partial charge on any atom is 0.416 e. The molecule has 0 saturated heterocycles. The number of carbonyl (C=O) groups excluding carboxylic acids is 2. The van der Waals surface area contributed by atoms with Crippen LogP contribution < -0.4 is 10.2 Å². The number of hydrogen-bond donors (Lipinski definition) is 1. The van der Waals surface area contributed by atoms with Gasteiger partial charge in [0.05, 0.1) is 17.8 Å². The quantitative estimate of drug-likeness (QED) is 0.482. The average Bonchev–Trinajstić information content (AvgIpc) is 3.15. The van der Waals surface area contributed by atoms with Crippen molar-refractivity contribution in [1.29, 1.82) is 0 Å². The van der Waals surface area contributed by atoms with Gasteiger partial charge in [0.2, 0.25) is 0 Å². The number of benzene rings is 1. The molecule has 0 unspecified atom stereocenters. The molecule has 0 aliphatic heterocycles. The van der Waals surface area contributed by atoms with Crippen LogP contribution in [0.2, 0.25) is 0 Å². The van der Waals surface area contributed by atoms with Gasteiger partial charge >= 0.3 is 6.09 Å². The summed E-state index contributed by atoms with van der Waals surface area (Å²) in [5.74, 6) is 0.244. The molecule has 2 aromatic heterocycles. The monoisotopic (exact) mass is 469 g/mol.